The Labute approximate surface area is 158 Å². The van der Waals surface area contributed by atoms with E-state index >= 15 is 0 Å². The number of nitrogens with one attached hydrogen (secondary N) is 2. The second-order valence-electron chi connectivity index (χ2n) is 7.06. The molecule has 1 atom stereocenters. The summed E-state index contributed by atoms with van der Waals surface area (Å²) in [5.41, 5.74) is 0.357. The van der Waals surface area contributed by atoms with Crippen molar-refractivity contribution in [2.45, 2.75) is 44.7 Å². The number of halogens is 1. The molecule has 0 bridgehead atoms. The number of carbonyl (C=O) groups excluding carboxylic acids is 3. The fourth-order valence-electron chi connectivity index (χ4n) is 3.16. The van der Waals surface area contributed by atoms with Gasteiger partial charge in [0.25, 0.3) is 5.91 Å². The van der Waals surface area contributed by atoms with E-state index < -0.39 is 6.04 Å². The number of likely N-dealkylation sites (tertiary alicyclic amines) is 1. The first-order chi connectivity index (χ1) is 12.5. The Bertz CT molecular complexity index is 697. The molecule has 0 aromatic heterocycles. The zero-order chi connectivity index (χ0) is 18.7. The van der Waals surface area contributed by atoms with Gasteiger partial charge in [-0.3, -0.25) is 14.4 Å². The van der Waals surface area contributed by atoms with Crippen LogP contribution in [0.25, 0.3) is 0 Å². The molecule has 3 amide bonds. The monoisotopic (exact) mass is 377 g/mol. The van der Waals surface area contributed by atoms with Gasteiger partial charge in [0.15, 0.2) is 0 Å². The van der Waals surface area contributed by atoms with Crippen LogP contribution in [0.4, 0.5) is 0 Å². The molecule has 1 saturated heterocycles. The average Bonchev–Trinajstić information content (AvgIpc) is 3.47. The fourth-order valence-corrected chi connectivity index (χ4v) is 3.39. The van der Waals surface area contributed by atoms with Crippen LogP contribution in [0, 0.1) is 5.92 Å². The number of piperidine rings is 1. The second kappa shape index (κ2) is 8.08. The van der Waals surface area contributed by atoms with Gasteiger partial charge < -0.3 is 15.5 Å². The number of hydrogen-bond acceptors (Lipinski definition) is 3. The van der Waals surface area contributed by atoms with Crippen molar-refractivity contribution in [3.8, 4) is 0 Å². The summed E-state index contributed by atoms with van der Waals surface area (Å²) in [6.45, 7) is 2.85. The van der Waals surface area contributed by atoms with Gasteiger partial charge in [0, 0.05) is 25.0 Å². The number of nitrogens with zero attached hydrogens (tertiary/aromatic N) is 1. The van der Waals surface area contributed by atoms with E-state index in [0.29, 0.717) is 23.7 Å². The van der Waals surface area contributed by atoms with Crippen LogP contribution in [0.2, 0.25) is 5.02 Å². The molecule has 0 spiro atoms. The van der Waals surface area contributed by atoms with Gasteiger partial charge in [0.05, 0.1) is 10.6 Å². The summed E-state index contributed by atoms with van der Waals surface area (Å²) in [5.74, 6) is -0.120. The summed E-state index contributed by atoms with van der Waals surface area (Å²) in [6.07, 6.45) is 3.47. The van der Waals surface area contributed by atoms with Gasteiger partial charge in [-0.05, 0) is 44.7 Å². The number of amides is 3. The molecule has 2 aliphatic rings. The molecule has 7 heteroatoms. The van der Waals surface area contributed by atoms with E-state index in [-0.39, 0.29) is 29.7 Å². The number of carbonyl (C=O) groups is 3. The molecule has 1 aromatic carbocycles. The van der Waals surface area contributed by atoms with E-state index in [0.717, 1.165) is 25.7 Å². The molecule has 1 aromatic rings. The molecular weight excluding hydrogens is 354 g/mol. The lowest BCUT2D eigenvalue weighted by atomic mass is 10.0. The third-order valence-corrected chi connectivity index (χ3v) is 5.27. The van der Waals surface area contributed by atoms with Crippen molar-refractivity contribution in [1.29, 1.82) is 0 Å². The predicted molar refractivity (Wildman–Crippen MR) is 98.8 cm³/mol. The molecule has 3 rings (SSSR count). The van der Waals surface area contributed by atoms with E-state index in [2.05, 4.69) is 10.6 Å². The summed E-state index contributed by atoms with van der Waals surface area (Å²) in [6, 6.07) is 6.26. The highest BCUT2D eigenvalue weighted by Gasteiger charge is 2.33. The summed E-state index contributed by atoms with van der Waals surface area (Å²) >= 11 is 6.02. The molecule has 6 nitrogen and oxygen atoms in total. The van der Waals surface area contributed by atoms with Gasteiger partial charge in [-0.1, -0.05) is 23.7 Å². The van der Waals surface area contributed by atoms with Gasteiger partial charge in [-0.25, -0.2) is 0 Å². The molecule has 1 saturated carbocycles. The zero-order valence-corrected chi connectivity index (χ0v) is 15.6. The minimum atomic E-state index is -0.628. The average molecular weight is 378 g/mol. The van der Waals surface area contributed by atoms with Crippen LogP contribution < -0.4 is 10.6 Å². The normalized spacial score (nSPS) is 18.9. The van der Waals surface area contributed by atoms with Gasteiger partial charge >= 0.3 is 0 Å². The van der Waals surface area contributed by atoms with Gasteiger partial charge in [-0.2, -0.15) is 0 Å². The Balaban J connectivity index is 1.47. The minimum Gasteiger partial charge on any atom is -0.353 e. The van der Waals surface area contributed by atoms with Gasteiger partial charge in [-0.15, -0.1) is 0 Å². The molecule has 1 aliphatic carbocycles. The van der Waals surface area contributed by atoms with E-state index in [1.165, 1.54) is 0 Å². The summed E-state index contributed by atoms with van der Waals surface area (Å²) in [4.78, 5) is 38.5. The first-order valence-electron chi connectivity index (χ1n) is 9.10. The van der Waals surface area contributed by atoms with Crippen molar-refractivity contribution < 1.29 is 14.4 Å². The van der Waals surface area contributed by atoms with Crippen LogP contribution in [0.5, 0.6) is 0 Å². The highest BCUT2D eigenvalue weighted by atomic mass is 35.5. The largest absolute Gasteiger partial charge is 0.353 e. The lowest BCUT2D eigenvalue weighted by molar-refractivity contribution is -0.134. The maximum absolute atomic E-state index is 12.6. The van der Waals surface area contributed by atoms with Crippen molar-refractivity contribution >= 4 is 29.3 Å². The third-order valence-electron chi connectivity index (χ3n) is 4.94. The van der Waals surface area contributed by atoms with Crippen molar-refractivity contribution in [1.82, 2.24) is 15.5 Å². The molecule has 1 heterocycles. The van der Waals surface area contributed by atoms with Crippen LogP contribution in [-0.4, -0.2) is 47.8 Å². The Morgan fingerprint density at radius 3 is 2.38 bits per heavy atom. The molecule has 1 aliphatic heterocycles. The van der Waals surface area contributed by atoms with Crippen molar-refractivity contribution in [2.75, 3.05) is 13.1 Å². The Hall–Kier alpha value is -2.08. The van der Waals surface area contributed by atoms with Gasteiger partial charge in [0.2, 0.25) is 11.8 Å². The van der Waals surface area contributed by atoms with Crippen LogP contribution in [0.3, 0.4) is 0 Å². The Kier molecular flexibility index (Phi) is 5.81. The van der Waals surface area contributed by atoms with Crippen molar-refractivity contribution in [2.24, 2.45) is 5.92 Å². The molecule has 2 fully saturated rings. The summed E-state index contributed by atoms with van der Waals surface area (Å²) in [5, 5.41) is 6.14. The van der Waals surface area contributed by atoms with Crippen LogP contribution in [0.15, 0.2) is 24.3 Å². The van der Waals surface area contributed by atoms with E-state index in [1.54, 1.807) is 36.1 Å². The molecule has 0 radical (unpaired) electrons. The number of hydrogen-bond donors (Lipinski definition) is 2. The van der Waals surface area contributed by atoms with E-state index in [1.807, 2.05) is 0 Å². The van der Waals surface area contributed by atoms with Crippen LogP contribution in [0.1, 0.15) is 43.0 Å². The Morgan fingerprint density at radius 2 is 1.77 bits per heavy atom. The molecule has 26 heavy (non-hydrogen) atoms. The van der Waals surface area contributed by atoms with Crippen molar-refractivity contribution in [3.63, 3.8) is 0 Å². The predicted octanol–water partition coefficient (Wildman–Crippen LogP) is 1.98. The SMILES string of the molecule is CC(NC(=O)c1ccccc1Cl)C(=O)N1CCC(NC(=O)C2CC2)CC1. The summed E-state index contributed by atoms with van der Waals surface area (Å²) < 4.78 is 0. The lowest BCUT2D eigenvalue weighted by Crippen LogP contribution is -2.52. The van der Waals surface area contributed by atoms with Gasteiger partial charge in [0.1, 0.15) is 6.04 Å². The van der Waals surface area contributed by atoms with Crippen LogP contribution >= 0.6 is 11.6 Å². The smallest absolute Gasteiger partial charge is 0.253 e. The Morgan fingerprint density at radius 1 is 1.12 bits per heavy atom. The molecular formula is C19H24ClN3O3. The molecule has 140 valence electrons. The fraction of sp³-hybridized carbons (Fsp3) is 0.526. The summed E-state index contributed by atoms with van der Waals surface area (Å²) in [7, 11) is 0. The standard InChI is InChI=1S/C19H24ClN3O3/c1-12(21-18(25)15-4-2-3-5-16(15)20)19(26)23-10-8-14(9-11-23)22-17(24)13-6-7-13/h2-5,12-14H,6-11H2,1H3,(H,21,25)(H,22,24). The first-order valence-corrected chi connectivity index (χ1v) is 9.48. The third kappa shape index (κ3) is 4.55. The topological polar surface area (TPSA) is 78.5 Å². The maximum atomic E-state index is 12.6. The minimum absolute atomic E-state index is 0.114. The van der Waals surface area contributed by atoms with Crippen LogP contribution in [-0.2, 0) is 9.59 Å². The van der Waals surface area contributed by atoms with E-state index in [4.69, 9.17) is 11.6 Å². The lowest BCUT2D eigenvalue weighted by Gasteiger charge is -2.34. The number of benzene rings is 1. The molecule has 2 N–H and O–H groups in total. The highest BCUT2D eigenvalue weighted by Crippen LogP contribution is 2.29. The number of rotatable bonds is 5. The first kappa shape index (κ1) is 18.7. The zero-order valence-electron chi connectivity index (χ0n) is 14.8. The quantitative estimate of drug-likeness (QED) is 0.823. The highest BCUT2D eigenvalue weighted by molar-refractivity contribution is 6.33. The molecule has 1 unspecified atom stereocenters. The maximum Gasteiger partial charge on any atom is 0.253 e. The van der Waals surface area contributed by atoms with Crippen molar-refractivity contribution in [3.05, 3.63) is 34.9 Å². The second-order valence-corrected chi connectivity index (χ2v) is 7.46. The van der Waals surface area contributed by atoms with E-state index in [9.17, 15) is 14.4 Å².